The Labute approximate surface area is 165 Å². The van der Waals surface area contributed by atoms with Crippen LogP contribution in [0.15, 0.2) is 60.8 Å². The summed E-state index contributed by atoms with van der Waals surface area (Å²) < 4.78 is 0. The summed E-state index contributed by atoms with van der Waals surface area (Å²) in [6.45, 7) is 0.838. The van der Waals surface area contributed by atoms with E-state index in [4.69, 9.17) is 0 Å². The molecule has 28 heavy (non-hydrogen) atoms. The van der Waals surface area contributed by atoms with Crippen molar-refractivity contribution in [2.24, 2.45) is 0 Å². The van der Waals surface area contributed by atoms with Gasteiger partial charge in [0.25, 0.3) is 0 Å². The van der Waals surface area contributed by atoms with E-state index in [1.54, 1.807) is 0 Å². The summed E-state index contributed by atoms with van der Waals surface area (Å²) in [6.07, 6.45) is 6.69. The van der Waals surface area contributed by atoms with Gasteiger partial charge in [-0.05, 0) is 49.9 Å². The van der Waals surface area contributed by atoms with E-state index in [0.29, 0.717) is 18.1 Å². The number of benzene rings is 2. The fraction of sp³-hybridized carbons (Fsp3) is 0.333. The molecule has 0 aliphatic carbocycles. The van der Waals surface area contributed by atoms with Gasteiger partial charge in [0, 0.05) is 47.3 Å². The Bertz CT molecular complexity index is 1010. The topological polar surface area (TPSA) is 52.0 Å². The van der Waals surface area contributed by atoms with E-state index in [1.807, 2.05) is 30.5 Å². The molecule has 2 fully saturated rings. The van der Waals surface area contributed by atoms with E-state index in [2.05, 4.69) is 51.6 Å². The molecule has 2 bridgehead atoms. The Kier molecular flexibility index (Phi) is 4.46. The van der Waals surface area contributed by atoms with Gasteiger partial charge in [0.2, 0.25) is 0 Å². The fourth-order valence-electron chi connectivity index (χ4n) is 5.09. The molecule has 2 aromatic carbocycles. The maximum Gasteiger partial charge on any atom is 0.0998 e. The lowest BCUT2D eigenvalue weighted by Crippen LogP contribution is -2.49. The first-order valence-electron chi connectivity index (χ1n) is 10.2. The number of nitrogens with zero attached hydrogens (tertiary/aromatic N) is 3. The van der Waals surface area contributed by atoms with Gasteiger partial charge in [0.05, 0.1) is 17.3 Å². The van der Waals surface area contributed by atoms with Crippen molar-refractivity contribution in [3.63, 3.8) is 0 Å². The summed E-state index contributed by atoms with van der Waals surface area (Å²) in [5.41, 5.74) is 3.17. The predicted molar refractivity (Wildman–Crippen MR) is 112 cm³/mol. The van der Waals surface area contributed by atoms with Crippen LogP contribution in [0.3, 0.4) is 0 Å². The average molecular weight is 368 g/mol. The molecule has 2 unspecified atom stereocenters. The van der Waals surface area contributed by atoms with Crippen molar-refractivity contribution in [1.82, 2.24) is 10.3 Å². The highest BCUT2D eigenvalue weighted by molar-refractivity contribution is 5.98. The van der Waals surface area contributed by atoms with Gasteiger partial charge in [-0.25, -0.2) is 0 Å². The van der Waals surface area contributed by atoms with Crippen molar-refractivity contribution in [3.05, 3.63) is 72.1 Å². The van der Waals surface area contributed by atoms with Crippen LogP contribution in [-0.4, -0.2) is 23.1 Å². The Morgan fingerprint density at radius 1 is 0.964 bits per heavy atom. The van der Waals surface area contributed by atoms with E-state index < -0.39 is 0 Å². The minimum atomic E-state index is 0.542. The molecule has 4 heteroatoms. The molecule has 2 atom stereocenters. The second-order valence-electron chi connectivity index (χ2n) is 7.95. The summed E-state index contributed by atoms with van der Waals surface area (Å²) in [5, 5.41) is 15.5. The maximum atomic E-state index is 9.46. The second-order valence-corrected chi connectivity index (χ2v) is 7.95. The number of nitriles is 1. The number of fused-ring (bicyclic) bond motifs is 3. The number of hydrogen-bond donors (Lipinski definition) is 1. The second kappa shape index (κ2) is 7.26. The zero-order valence-electron chi connectivity index (χ0n) is 15.9. The van der Waals surface area contributed by atoms with Crippen molar-refractivity contribution in [2.75, 3.05) is 4.90 Å². The van der Waals surface area contributed by atoms with Crippen LogP contribution in [0, 0.1) is 11.3 Å². The molecule has 3 aromatic rings. The third-order valence-corrected chi connectivity index (χ3v) is 6.33. The number of aromatic nitrogens is 1. The lowest BCUT2D eigenvalue weighted by atomic mass is 9.94. The van der Waals surface area contributed by atoms with Crippen LogP contribution < -0.4 is 10.2 Å². The molecule has 140 valence electrons. The van der Waals surface area contributed by atoms with E-state index in [9.17, 15) is 5.26 Å². The van der Waals surface area contributed by atoms with Gasteiger partial charge >= 0.3 is 0 Å². The summed E-state index contributed by atoms with van der Waals surface area (Å²) in [6, 6.07) is 22.6. The van der Waals surface area contributed by atoms with Gasteiger partial charge in [0.1, 0.15) is 0 Å². The van der Waals surface area contributed by atoms with Gasteiger partial charge in [-0.2, -0.15) is 5.26 Å². The first-order chi connectivity index (χ1) is 13.8. The first kappa shape index (κ1) is 17.2. The van der Waals surface area contributed by atoms with Gasteiger partial charge in [-0.15, -0.1) is 0 Å². The van der Waals surface area contributed by atoms with E-state index in [1.165, 1.54) is 23.9 Å². The highest BCUT2D eigenvalue weighted by Gasteiger charge is 2.41. The summed E-state index contributed by atoms with van der Waals surface area (Å²) >= 11 is 0. The largest absolute Gasteiger partial charge is 0.365 e. The fourth-order valence-corrected chi connectivity index (χ4v) is 5.09. The van der Waals surface area contributed by atoms with Gasteiger partial charge in [-0.1, -0.05) is 30.3 Å². The number of piperidine rings is 1. The van der Waals surface area contributed by atoms with E-state index in [-0.39, 0.29) is 0 Å². The van der Waals surface area contributed by atoms with Crippen LogP contribution in [0.5, 0.6) is 0 Å². The van der Waals surface area contributed by atoms with Gasteiger partial charge in [-0.3, -0.25) is 4.98 Å². The summed E-state index contributed by atoms with van der Waals surface area (Å²) in [5.74, 6) is 0. The van der Waals surface area contributed by atoms with Gasteiger partial charge in [0.15, 0.2) is 0 Å². The first-order valence-corrected chi connectivity index (χ1v) is 10.2. The zero-order chi connectivity index (χ0) is 18.9. The monoisotopic (exact) mass is 368 g/mol. The molecule has 1 aromatic heterocycles. The zero-order valence-corrected chi connectivity index (χ0v) is 15.9. The number of hydrogen-bond acceptors (Lipinski definition) is 4. The minimum absolute atomic E-state index is 0.542. The van der Waals surface area contributed by atoms with Crippen molar-refractivity contribution in [1.29, 1.82) is 5.26 Å². The van der Waals surface area contributed by atoms with Crippen LogP contribution in [0.1, 0.15) is 36.9 Å². The molecule has 4 nitrogen and oxygen atoms in total. The molecule has 0 spiro atoms. The van der Waals surface area contributed by atoms with Gasteiger partial charge < -0.3 is 10.2 Å². The number of pyridine rings is 1. The molecule has 2 aliphatic rings. The molecule has 1 N–H and O–H groups in total. The predicted octanol–water partition coefficient (Wildman–Crippen LogP) is 4.40. The third-order valence-electron chi connectivity index (χ3n) is 6.33. The van der Waals surface area contributed by atoms with Crippen molar-refractivity contribution < 1.29 is 0 Å². The minimum Gasteiger partial charge on any atom is -0.365 e. The van der Waals surface area contributed by atoms with E-state index in [0.717, 1.165) is 36.0 Å². The molecular weight excluding hydrogens is 344 g/mol. The van der Waals surface area contributed by atoms with Crippen molar-refractivity contribution in [2.45, 2.75) is 50.4 Å². The molecule has 3 heterocycles. The van der Waals surface area contributed by atoms with Crippen LogP contribution in [-0.2, 0) is 6.54 Å². The smallest absolute Gasteiger partial charge is 0.0998 e. The van der Waals surface area contributed by atoms with Crippen LogP contribution in [0.25, 0.3) is 10.8 Å². The molecule has 0 amide bonds. The molecule has 0 saturated carbocycles. The number of nitrogens with one attached hydrogen (secondary N) is 1. The Morgan fingerprint density at radius 2 is 1.71 bits per heavy atom. The summed E-state index contributed by atoms with van der Waals surface area (Å²) in [7, 11) is 0. The maximum absolute atomic E-state index is 9.46. The molecule has 5 rings (SSSR count). The average Bonchev–Trinajstić information content (AvgIpc) is 3.01. The molecule has 2 aliphatic heterocycles. The van der Waals surface area contributed by atoms with E-state index >= 15 is 0 Å². The molecule has 0 radical (unpaired) electrons. The lowest BCUT2D eigenvalue weighted by molar-refractivity contribution is 0.354. The van der Waals surface area contributed by atoms with Crippen LogP contribution in [0.2, 0.25) is 0 Å². The molecular formula is C24H24N4. The Morgan fingerprint density at radius 3 is 2.43 bits per heavy atom. The highest BCUT2D eigenvalue weighted by Crippen LogP contribution is 2.42. The summed E-state index contributed by atoms with van der Waals surface area (Å²) in [4.78, 5) is 7.07. The normalized spacial score (nSPS) is 23.7. The Hall–Kier alpha value is -2.90. The van der Waals surface area contributed by atoms with Crippen LogP contribution in [0.4, 0.5) is 5.69 Å². The van der Waals surface area contributed by atoms with Crippen molar-refractivity contribution in [3.8, 4) is 6.07 Å². The molecule has 2 saturated heterocycles. The standard InChI is InChI=1S/C24H24N4/c25-15-17-8-11-24(23-7-2-1-6-22(17)23)28-20-9-10-21(28)14-19(13-20)27-16-18-5-3-4-12-26-18/h1-8,11-12,19-21,27H,9-10,13-14,16H2. The Balaban J connectivity index is 1.38. The lowest BCUT2D eigenvalue weighted by Gasteiger charge is -2.41. The number of anilines is 1. The highest BCUT2D eigenvalue weighted by atomic mass is 15.2. The SMILES string of the molecule is N#Cc1ccc(N2C3CCC2CC(NCc2ccccn2)C3)c2ccccc12. The number of rotatable bonds is 4. The third kappa shape index (κ3) is 3.02. The van der Waals surface area contributed by atoms with Crippen LogP contribution >= 0.6 is 0 Å². The van der Waals surface area contributed by atoms with Crippen molar-refractivity contribution >= 4 is 16.5 Å². The quantitative estimate of drug-likeness (QED) is 0.742.